The molecule has 6 nitrogen and oxygen atoms in total. The van der Waals surface area contributed by atoms with Crippen LogP contribution in [0.1, 0.15) is 32.9 Å². The van der Waals surface area contributed by atoms with Crippen molar-refractivity contribution in [2.24, 2.45) is 5.73 Å². The molecule has 1 aliphatic heterocycles. The highest BCUT2D eigenvalue weighted by Crippen LogP contribution is 2.35. The first-order valence-corrected chi connectivity index (χ1v) is 8.88. The fraction of sp³-hybridized carbons (Fsp3) is 0.182. The normalized spacial score (nSPS) is 12.0. The molecule has 6 heteroatoms. The van der Waals surface area contributed by atoms with E-state index in [9.17, 15) is 4.79 Å². The number of aromatic nitrogens is 1. The van der Waals surface area contributed by atoms with Crippen LogP contribution in [-0.2, 0) is 6.54 Å². The van der Waals surface area contributed by atoms with Gasteiger partial charge in [-0.2, -0.15) is 5.26 Å². The largest absolute Gasteiger partial charge is 0.454 e. The Balaban J connectivity index is 1.80. The van der Waals surface area contributed by atoms with Crippen molar-refractivity contribution in [2.45, 2.75) is 20.4 Å². The van der Waals surface area contributed by atoms with Crippen molar-refractivity contribution in [1.82, 2.24) is 4.57 Å². The van der Waals surface area contributed by atoms with Gasteiger partial charge in [0.05, 0.1) is 17.2 Å². The lowest BCUT2D eigenvalue weighted by Crippen LogP contribution is -2.13. The van der Waals surface area contributed by atoms with Gasteiger partial charge < -0.3 is 19.8 Å². The lowest BCUT2D eigenvalue weighted by molar-refractivity contribution is 0.1000. The van der Waals surface area contributed by atoms with Gasteiger partial charge >= 0.3 is 0 Å². The Morgan fingerprint density at radius 3 is 2.50 bits per heavy atom. The zero-order valence-electron chi connectivity index (χ0n) is 15.7. The predicted molar refractivity (Wildman–Crippen MR) is 104 cm³/mol. The minimum atomic E-state index is -0.468. The summed E-state index contributed by atoms with van der Waals surface area (Å²) in [5.41, 5.74) is 11.2. The molecule has 1 amide bonds. The average molecular weight is 373 g/mol. The molecule has 0 aliphatic carbocycles. The second-order valence-corrected chi connectivity index (χ2v) is 6.75. The first kappa shape index (κ1) is 17.7. The third-order valence-electron chi connectivity index (χ3n) is 5.11. The lowest BCUT2D eigenvalue weighted by Gasteiger charge is -2.11. The van der Waals surface area contributed by atoms with Gasteiger partial charge in [0.2, 0.25) is 6.79 Å². The molecule has 2 aromatic carbocycles. The first-order valence-electron chi connectivity index (χ1n) is 8.88. The molecule has 0 fully saturated rings. The van der Waals surface area contributed by atoms with Crippen LogP contribution in [0.4, 0.5) is 0 Å². The van der Waals surface area contributed by atoms with Crippen LogP contribution in [0.2, 0.25) is 0 Å². The van der Waals surface area contributed by atoms with Crippen molar-refractivity contribution >= 4 is 5.91 Å². The summed E-state index contributed by atoms with van der Waals surface area (Å²) in [6, 6.07) is 15.1. The van der Waals surface area contributed by atoms with E-state index in [4.69, 9.17) is 20.5 Å². The molecule has 1 aromatic heterocycles. The highest BCUT2D eigenvalue weighted by Gasteiger charge is 2.23. The minimum absolute atomic E-state index is 0.231. The Kier molecular flexibility index (Phi) is 4.28. The molecule has 2 heterocycles. The number of amides is 1. The van der Waals surface area contributed by atoms with Crippen LogP contribution >= 0.6 is 0 Å². The van der Waals surface area contributed by atoms with Gasteiger partial charge in [0.25, 0.3) is 5.91 Å². The Morgan fingerprint density at radius 2 is 1.82 bits per heavy atom. The number of hydrogen-bond donors (Lipinski definition) is 1. The third-order valence-corrected chi connectivity index (χ3v) is 5.11. The summed E-state index contributed by atoms with van der Waals surface area (Å²) in [7, 11) is 0. The fourth-order valence-electron chi connectivity index (χ4n) is 3.71. The molecule has 0 radical (unpaired) electrons. The summed E-state index contributed by atoms with van der Waals surface area (Å²) < 4.78 is 12.9. The molecule has 0 bridgehead atoms. The fourth-order valence-corrected chi connectivity index (χ4v) is 3.71. The van der Waals surface area contributed by atoms with Gasteiger partial charge in [-0.25, -0.2) is 0 Å². The van der Waals surface area contributed by atoms with E-state index >= 15 is 0 Å². The number of benzene rings is 2. The van der Waals surface area contributed by atoms with Crippen LogP contribution in [0.5, 0.6) is 11.5 Å². The third kappa shape index (κ3) is 2.87. The van der Waals surface area contributed by atoms with Gasteiger partial charge in [0, 0.05) is 23.5 Å². The van der Waals surface area contributed by atoms with Crippen molar-refractivity contribution in [3.8, 4) is 28.7 Å². The van der Waals surface area contributed by atoms with Gasteiger partial charge in [-0.15, -0.1) is 0 Å². The van der Waals surface area contributed by atoms with Crippen LogP contribution in [0, 0.1) is 25.2 Å². The summed E-state index contributed by atoms with van der Waals surface area (Å²) in [5.74, 6) is 0.993. The summed E-state index contributed by atoms with van der Waals surface area (Å²) in [5, 5.41) is 9.03. The highest BCUT2D eigenvalue weighted by molar-refractivity contribution is 6.02. The van der Waals surface area contributed by atoms with Crippen LogP contribution in [-0.4, -0.2) is 17.3 Å². The second kappa shape index (κ2) is 6.78. The molecular formula is C22H19N3O3. The molecule has 1 aliphatic rings. The SMILES string of the molecule is Cc1c(C(N)=O)c(-c2ccc(C#N)cc2)c(C)n1Cc1ccc2c(c1)OCO2. The second-order valence-electron chi connectivity index (χ2n) is 6.75. The maximum absolute atomic E-state index is 12.2. The van der Waals surface area contributed by atoms with Crippen molar-refractivity contribution in [2.75, 3.05) is 6.79 Å². The molecule has 28 heavy (non-hydrogen) atoms. The minimum Gasteiger partial charge on any atom is -0.454 e. The Bertz CT molecular complexity index is 1120. The molecule has 0 unspecified atom stereocenters. The van der Waals surface area contributed by atoms with Gasteiger partial charge in [-0.3, -0.25) is 4.79 Å². The Hall–Kier alpha value is -3.72. The molecular weight excluding hydrogens is 354 g/mol. The summed E-state index contributed by atoms with van der Waals surface area (Å²) in [4.78, 5) is 12.2. The number of primary amides is 1. The predicted octanol–water partition coefficient (Wildman–Crippen LogP) is 3.52. The van der Waals surface area contributed by atoms with E-state index in [0.717, 1.165) is 39.6 Å². The number of fused-ring (bicyclic) bond motifs is 1. The summed E-state index contributed by atoms with van der Waals surface area (Å²) >= 11 is 0. The molecule has 140 valence electrons. The molecule has 4 rings (SSSR count). The lowest BCUT2D eigenvalue weighted by atomic mass is 9.99. The van der Waals surface area contributed by atoms with Gasteiger partial charge in [-0.05, 0) is 49.2 Å². The van der Waals surface area contributed by atoms with E-state index < -0.39 is 5.91 Å². The standard InChI is InChI=1S/C22H19N3O3/c1-13-20(17-6-3-15(10-23)4-7-17)21(22(24)26)14(2)25(13)11-16-5-8-18-19(9-16)28-12-27-18/h3-9H,11-12H2,1-2H3,(H2,24,26). The number of ether oxygens (including phenoxy) is 2. The van der Waals surface area contributed by atoms with Gasteiger partial charge in [-0.1, -0.05) is 18.2 Å². The molecule has 0 spiro atoms. The van der Waals surface area contributed by atoms with Crippen molar-refractivity contribution in [3.63, 3.8) is 0 Å². The van der Waals surface area contributed by atoms with E-state index in [1.807, 2.05) is 44.2 Å². The number of hydrogen-bond acceptors (Lipinski definition) is 4. The topological polar surface area (TPSA) is 90.3 Å². The molecule has 3 aromatic rings. The van der Waals surface area contributed by atoms with E-state index in [2.05, 4.69) is 10.6 Å². The zero-order chi connectivity index (χ0) is 19.8. The molecule has 0 saturated carbocycles. The first-order chi connectivity index (χ1) is 13.5. The van der Waals surface area contributed by atoms with E-state index in [1.54, 1.807) is 12.1 Å². The number of carbonyl (C=O) groups excluding carboxylic acids is 1. The molecule has 0 saturated heterocycles. The van der Waals surface area contributed by atoms with Gasteiger partial charge in [0.15, 0.2) is 11.5 Å². The summed E-state index contributed by atoms with van der Waals surface area (Å²) in [6.07, 6.45) is 0. The van der Waals surface area contributed by atoms with Crippen LogP contribution < -0.4 is 15.2 Å². The summed E-state index contributed by atoms with van der Waals surface area (Å²) in [6.45, 7) is 4.67. The van der Waals surface area contributed by atoms with Crippen LogP contribution in [0.25, 0.3) is 11.1 Å². The van der Waals surface area contributed by atoms with E-state index in [0.29, 0.717) is 17.7 Å². The smallest absolute Gasteiger partial charge is 0.251 e. The van der Waals surface area contributed by atoms with Crippen LogP contribution in [0.3, 0.4) is 0 Å². The number of nitriles is 1. The monoisotopic (exact) mass is 373 g/mol. The van der Waals surface area contributed by atoms with Crippen LogP contribution in [0.15, 0.2) is 42.5 Å². The number of nitrogens with zero attached hydrogens (tertiary/aromatic N) is 2. The quantitative estimate of drug-likeness (QED) is 0.758. The maximum Gasteiger partial charge on any atom is 0.251 e. The Morgan fingerprint density at radius 1 is 1.11 bits per heavy atom. The van der Waals surface area contributed by atoms with E-state index in [1.165, 1.54) is 0 Å². The zero-order valence-corrected chi connectivity index (χ0v) is 15.7. The maximum atomic E-state index is 12.2. The van der Waals surface area contributed by atoms with Gasteiger partial charge in [0.1, 0.15) is 0 Å². The average Bonchev–Trinajstić information content (AvgIpc) is 3.25. The van der Waals surface area contributed by atoms with Crippen molar-refractivity contribution < 1.29 is 14.3 Å². The highest BCUT2D eigenvalue weighted by atomic mass is 16.7. The molecule has 0 atom stereocenters. The van der Waals surface area contributed by atoms with E-state index in [-0.39, 0.29) is 6.79 Å². The number of carbonyl (C=O) groups is 1. The van der Waals surface area contributed by atoms with Crippen molar-refractivity contribution in [3.05, 3.63) is 70.5 Å². The Labute approximate surface area is 162 Å². The van der Waals surface area contributed by atoms with Crippen molar-refractivity contribution in [1.29, 1.82) is 5.26 Å². The number of rotatable bonds is 4. The number of nitrogens with two attached hydrogens (primary N) is 1. The molecule has 2 N–H and O–H groups in total.